The molecule has 172 valence electrons. The average molecular weight is 434 g/mol. The Morgan fingerprint density at radius 1 is 0.586 bits per heavy atom. The van der Waals surface area contributed by atoms with Crippen LogP contribution in [0.4, 0.5) is 0 Å². The summed E-state index contributed by atoms with van der Waals surface area (Å²) in [6, 6.07) is 0. The Morgan fingerprint density at radius 3 is 1.17 bits per heavy atom. The van der Waals surface area contributed by atoms with Crippen molar-refractivity contribution in [2.45, 2.75) is 36.9 Å². The van der Waals surface area contributed by atoms with E-state index in [0.29, 0.717) is 0 Å². The van der Waals surface area contributed by atoms with E-state index in [1.807, 2.05) is 0 Å². The van der Waals surface area contributed by atoms with Crippen molar-refractivity contribution < 1.29 is 64.1 Å². The van der Waals surface area contributed by atoms with Crippen LogP contribution in [-0.4, -0.2) is 77.7 Å². The molecular formula is C12H26N4O13. The summed E-state index contributed by atoms with van der Waals surface area (Å²) in [6.45, 7) is 0. The Hall–Kier alpha value is -3.38. The van der Waals surface area contributed by atoms with E-state index in [0.717, 1.165) is 0 Å². The largest absolute Gasteiger partial charge is 0.481 e. The zero-order valence-corrected chi connectivity index (χ0v) is 15.2. The number of carbonyl (C=O) groups is 6. The van der Waals surface area contributed by atoms with Gasteiger partial charge in [0.1, 0.15) is 0 Å². The van der Waals surface area contributed by atoms with E-state index in [1.165, 1.54) is 0 Å². The number of hydrogen-bond donors (Lipinski definition) is 10. The molecule has 0 aromatic rings. The van der Waals surface area contributed by atoms with E-state index < -0.39 is 72.7 Å². The van der Waals surface area contributed by atoms with Crippen LogP contribution >= 0.6 is 0 Å². The molecule has 0 aliphatic carbocycles. The monoisotopic (exact) mass is 434 g/mol. The first-order chi connectivity index (χ1) is 11.2. The standard InChI is InChI=1S/C12H14O13.4H3N/c13-5(14)1-11(24,9(20)21)4-8(19)25-12(10(22)23,2-6(15)16)3-7(17)18;;;;/h24H,1-4H2,(H,13,14)(H,15,16)(H,17,18)(H,20,21)(H,22,23);4*1H3. The highest BCUT2D eigenvalue weighted by molar-refractivity contribution is 5.92. The summed E-state index contributed by atoms with van der Waals surface area (Å²) in [5, 5.41) is 53.5. The lowest BCUT2D eigenvalue weighted by Gasteiger charge is -2.28. The SMILES string of the molecule is N.N.N.N.O=C(O)CC(O)(CC(=O)OC(CC(=O)O)(CC(=O)O)C(=O)O)C(=O)O. The highest BCUT2D eigenvalue weighted by Crippen LogP contribution is 2.25. The van der Waals surface area contributed by atoms with E-state index in [1.54, 1.807) is 0 Å². The minimum atomic E-state index is -3.17. The second kappa shape index (κ2) is 13.7. The van der Waals surface area contributed by atoms with Crippen molar-refractivity contribution in [3.05, 3.63) is 0 Å². The summed E-state index contributed by atoms with van der Waals surface area (Å²) in [7, 11) is 0. The van der Waals surface area contributed by atoms with E-state index in [9.17, 15) is 33.9 Å². The highest BCUT2D eigenvalue weighted by Gasteiger charge is 2.49. The summed E-state index contributed by atoms with van der Waals surface area (Å²) < 4.78 is 4.33. The van der Waals surface area contributed by atoms with Crippen molar-refractivity contribution in [2.75, 3.05) is 0 Å². The number of hydrogen-bond acceptors (Lipinski definition) is 12. The molecule has 0 aromatic heterocycles. The molecular weight excluding hydrogens is 408 g/mol. The van der Waals surface area contributed by atoms with Gasteiger partial charge in [-0.3, -0.25) is 19.2 Å². The summed E-state index contributed by atoms with van der Waals surface area (Å²) >= 11 is 0. The van der Waals surface area contributed by atoms with Gasteiger partial charge in [-0.25, -0.2) is 9.59 Å². The first-order valence-corrected chi connectivity index (χ1v) is 6.30. The van der Waals surface area contributed by atoms with Gasteiger partial charge in [0.2, 0.25) is 5.60 Å². The molecule has 0 saturated carbocycles. The summed E-state index contributed by atoms with van der Waals surface area (Å²) in [5.74, 6) is -11.6. The maximum atomic E-state index is 11.7. The minimum Gasteiger partial charge on any atom is -0.481 e. The van der Waals surface area contributed by atoms with Crippen LogP contribution < -0.4 is 24.6 Å². The van der Waals surface area contributed by atoms with Gasteiger partial charge in [-0.1, -0.05) is 0 Å². The van der Waals surface area contributed by atoms with E-state index in [4.69, 9.17) is 25.5 Å². The number of carbonyl (C=O) groups excluding carboxylic acids is 1. The lowest BCUT2D eigenvalue weighted by molar-refractivity contribution is -0.191. The predicted octanol–water partition coefficient (Wildman–Crippen LogP) is -1.37. The smallest absolute Gasteiger partial charge is 0.349 e. The lowest BCUT2D eigenvalue weighted by Crippen LogP contribution is -2.49. The second-order valence-corrected chi connectivity index (χ2v) is 5.00. The van der Waals surface area contributed by atoms with Crippen molar-refractivity contribution in [3.8, 4) is 0 Å². The predicted molar refractivity (Wildman–Crippen MR) is 90.5 cm³/mol. The van der Waals surface area contributed by atoms with Crippen LogP contribution in [-0.2, 0) is 33.5 Å². The maximum absolute atomic E-state index is 11.7. The normalized spacial score (nSPS) is 11.5. The van der Waals surface area contributed by atoms with Gasteiger partial charge in [0.15, 0.2) is 5.60 Å². The topological polar surface area (TPSA) is 373 Å². The quantitative estimate of drug-likeness (QED) is 0.167. The zero-order valence-electron chi connectivity index (χ0n) is 15.2. The number of carboxylic acid groups (broad SMARTS) is 5. The van der Waals surface area contributed by atoms with Gasteiger partial charge in [-0.15, -0.1) is 0 Å². The molecule has 0 bridgehead atoms. The Labute approximate surface area is 162 Å². The fourth-order valence-corrected chi connectivity index (χ4v) is 1.77. The van der Waals surface area contributed by atoms with Crippen molar-refractivity contribution in [2.24, 2.45) is 0 Å². The number of esters is 1. The maximum Gasteiger partial charge on any atom is 0.349 e. The highest BCUT2D eigenvalue weighted by atomic mass is 16.6. The molecule has 18 N–H and O–H groups in total. The zero-order chi connectivity index (χ0) is 20.0. The Balaban J connectivity index is -0.000000480. The third-order valence-corrected chi connectivity index (χ3v) is 2.85. The molecule has 17 heteroatoms. The molecule has 0 aliphatic rings. The molecule has 0 aliphatic heterocycles. The van der Waals surface area contributed by atoms with E-state index in [2.05, 4.69) is 4.74 Å². The summed E-state index contributed by atoms with van der Waals surface area (Å²) in [4.78, 5) is 66.0. The van der Waals surface area contributed by atoms with Gasteiger partial charge in [-0.05, 0) is 0 Å². The molecule has 1 atom stereocenters. The fourth-order valence-electron chi connectivity index (χ4n) is 1.77. The first-order valence-electron chi connectivity index (χ1n) is 6.30. The van der Waals surface area contributed by atoms with Gasteiger partial charge >= 0.3 is 35.8 Å². The lowest BCUT2D eigenvalue weighted by atomic mass is 9.93. The third-order valence-electron chi connectivity index (χ3n) is 2.85. The average Bonchev–Trinajstić information content (AvgIpc) is 2.34. The molecule has 0 amide bonds. The van der Waals surface area contributed by atoms with E-state index >= 15 is 0 Å². The number of ether oxygens (including phenoxy) is 1. The molecule has 1 unspecified atom stereocenters. The van der Waals surface area contributed by atoms with Crippen LogP contribution in [0.2, 0.25) is 0 Å². The van der Waals surface area contributed by atoms with Crippen molar-refractivity contribution in [1.82, 2.24) is 24.6 Å². The van der Waals surface area contributed by atoms with Crippen molar-refractivity contribution in [1.29, 1.82) is 0 Å². The van der Waals surface area contributed by atoms with Crippen LogP contribution in [0.3, 0.4) is 0 Å². The summed E-state index contributed by atoms with van der Waals surface area (Å²) in [5.41, 5.74) is -6.24. The molecule has 17 nitrogen and oxygen atoms in total. The van der Waals surface area contributed by atoms with Gasteiger partial charge in [0.25, 0.3) is 0 Å². The van der Waals surface area contributed by atoms with Crippen LogP contribution in [0.15, 0.2) is 0 Å². The molecule has 0 heterocycles. The number of aliphatic carboxylic acids is 5. The van der Waals surface area contributed by atoms with Crippen LogP contribution in [0.1, 0.15) is 25.7 Å². The Bertz CT molecular complexity index is 607. The second-order valence-electron chi connectivity index (χ2n) is 5.00. The molecule has 0 saturated heterocycles. The Kier molecular flexibility index (Phi) is 17.3. The van der Waals surface area contributed by atoms with Crippen molar-refractivity contribution in [3.63, 3.8) is 0 Å². The van der Waals surface area contributed by atoms with Crippen LogP contribution in [0.5, 0.6) is 0 Å². The number of aliphatic hydroxyl groups is 1. The molecule has 29 heavy (non-hydrogen) atoms. The van der Waals surface area contributed by atoms with Gasteiger partial charge in [0, 0.05) is 0 Å². The summed E-state index contributed by atoms with van der Waals surface area (Å²) in [6.07, 6.45) is -5.94. The van der Waals surface area contributed by atoms with Crippen LogP contribution in [0, 0.1) is 0 Å². The van der Waals surface area contributed by atoms with Gasteiger partial charge in [-0.2, -0.15) is 0 Å². The third kappa shape index (κ3) is 11.1. The molecule has 0 rings (SSSR count). The number of carboxylic acids is 5. The van der Waals surface area contributed by atoms with Gasteiger partial charge < -0.3 is 60.0 Å². The molecule has 0 fully saturated rings. The van der Waals surface area contributed by atoms with Gasteiger partial charge in [0.05, 0.1) is 25.7 Å². The first kappa shape index (κ1) is 36.5. The Morgan fingerprint density at radius 2 is 0.931 bits per heavy atom. The minimum absolute atomic E-state index is 0. The molecule has 0 radical (unpaired) electrons. The van der Waals surface area contributed by atoms with E-state index in [-0.39, 0.29) is 24.6 Å². The number of rotatable bonds is 11. The fraction of sp³-hybridized carbons (Fsp3) is 0.500. The van der Waals surface area contributed by atoms with Crippen LogP contribution in [0.25, 0.3) is 0 Å². The molecule has 0 spiro atoms. The van der Waals surface area contributed by atoms with Crippen molar-refractivity contribution >= 4 is 35.8 Å². The molecule has 0 aromatic carbocycles.